The van der Waals surface area contributed by atoms with Crippen molar-refractivity contribution in [3.63, 3.8) is 0 Å². The fourth-order valence-electron chi connectivity index (χ4n) is 11.5. The first-order chi connectivity index (χ1) is 65.5. The predicted molar refractivity (Wildman–Crippen MR) is 477 cm³/mol. The summed E-state index contributed by atoms with van der Waals surface area (Å²) in [4.78, 5) is 125. The highest BCUT2D eigenvalue weighted by Gasteiger charge is 2.24. The molecule has 0 aliphatic heterocycles. The summed E-state index contributed by atoms with van der Waals surface area (Å²) in [6, 6.07) is 35.2. The lowest BCUT2D eigenvalue weighted by Crippen LogP contribution is -2.03. The van der Waals surface area contributed by atoms with Crippen molar-refractivity contribution in [2.45, 2.75) is 0 Å². The number of halogens is 15. The van der Waals surface area contributed by atoms with Crippen LogP contribution in [0.2, 0.25) is 30.1 Å². The second kappa shape index (κ2) is 42.5. The van der Waals surface area contributed by atoms with Crippen molar-refractivity contribution < 1.29 is 39.5 Å². The first-order valence-electron chi connectivity index (χ1n) is 38.5. The lowest BCUT2D eigenvalue weighted by Gasteiger charge is -2.09. The molecular weight excluding hydrogens is 1880 g/mol. The molecule has 0 saturated carbocycles. The Morgan fingerprint density at radius 1 is 0.156 bits per heavy atom. The van der Waals surface area contributed by atoms with Gasteiger partial charge >= 0.3 is 0 Å². The van der Waals surface area contributed by atoms with E-state index in [0.717, 1.165) is 55.4 Å². The Bertz CT molecular complexity index is 6550. The van der Waals surface area contributed by atoms with Crippen molar-refractivity contribution >= 4 is 69.6 Å². The van der Waals surface area contributed by atoms with Gasteiger partial charge in [-0.15, -0.1) is 0 Å². The molecule has 0 fully saturated rings. The Balaban J connectivity index is 0.000000123. The molecule has 0 aliphatic rings. The Labute approximate surface area is 783 Å². The molecule has 660 valence electrons. The highest BCUT2D eigenvalue weighted by molar-refractivity contribution is 6.32. The molecule has 30 nitrogen and oxygen atoms in total. The summed E-state index contributed by atoms with van der Waals surface area (Å²) in [5.41, 5.74) is 4.79. The van der Waals surface area contributed by atoms with Gasteiger partial charge in [-0.1, -0.05) is 69.6 Å². The fourth-order valence-corrected chi connectivity index (χ4v) is 12.3. The third-order valence-corrected chi connectivity index (χ3v) is 19.1. The van der Waals surface area contributed by atoms with E-state index in [1.165, 1.54) is 129 Å². The molecule has 0 amide bonds. The largest absolute Gasteiger partial charge is 0.264 e. The molecule has 0 unspecified atom stereocenters. The molecule has 0 saturated heterocycles. The van der Waals surface area contributed by atoms with Crippen molar-refractivity contribution in [2.75, 3.05) is 0 Å². The third kappa shape index (κ3) is 23.8. The molecule has 20 heterocycles. The minimum Gasteiger partial charge on any atom is -0.264 e. The van der Waals surface area contributed by atoms with Crippen molar-refractivity contribution in [2.24, 2.45) is 0 Å². The van der Waals surface area contributed by atoms with Gasteiger partial charge in [-0.05, 0) is 146 Å². The normalized spacial score (nSPS) is 10.8. The van der Waals surface area contributed by atoms with E-state index < -0.39 is 52.4 Å². The zero-order valence-electron chi connectivity index (χ0n) is 67.6. The summed E-state index contributed by atoms with van der Waals surface area (Å²) in [6.07, 6.45) is 27.1. The van der Waals surface area contributed by atoms with Gasteiger partial charge in [-0.2, -0.15) is 0 Å². The summed E-state index contributed by atoms with van der Waals surface area (Å²) in [5, 5.41) is 3.12. The number of nitrogens with zero attached hydrogens (tertiary/aromatic N) is 30. The highest BCUT2D eigenvalue weighted by Crippen LogP contribution is 2.33. The number of aromatic nitrogens is 30. The summed E-state index contributed by atoms with van der Waals surface area (Å²) in [5.74, 6) is -2.65. The van der Waals surface area contributed by atoms with Gasteiger partial charge in [0.05, 0.1) is 68.9 Å². The van der Waals surface area contributed by atoms with E-state index >= 15 is 0 Å². The van der Waals surface area contributed by atoms with Crippen molar-refractivity contribution in [1.29, 1.82) is 0 Å². The standard InChI is InChI=1S/2C18H9Cl3N6.3C18H9F3N6/c19-10-1-4-22-13(7-10)16-25-17(14-8-11(20)2-5-23-14)27-18(26-16)15-9-12(21)3-6-24-15;19-10-1-4-13(22-7-10)16-25-17(14-5-2-11(20)8-23-14)27-18(26-16)15-6-3-12(21)9-24-15;19-13-1-10(4-22-7-13)16-25-17(11-2-14(20)8-23-5-11)27-18(26-16)12-3-15(21)9-24-6-12;19-13-1-4-22-7-10(13)16-25-17(11-8-23-5-2-14(11)20)27-18(26-16)12-9-24-6-3-15(12)21;19-10-1-4-13(22-7-10)16-25-17(14-5-2-11(20)8-23-14)27-18(26-16)15-6-3-12(21)9-24-15/h5*1-9H. The van der Waals surface area contributed by atoms with E-state index in [9.17, 15) is 39.5 Å². The molecule has 0 spiro atoms. The average Bonchev–Trinajstić information content (AvgIpc) is 0.793. The van der Waals surface area contributed by atoms with E-state index in [0.29, 0.717) is 116 Å². The molecule has 0 aromatic carbocycles. The van der Waals surface area contributed by atoms with E-state index in [4.69, 9.17) is 69.6 Å². The third-order valence-electron chi connectivity index (χ3n) is 17.7. The van der Waals surface area contributed by atoms with Gasteiger partial charge in [0.25, 0.3) is 0 Å². The molecule has 135 heavy (non-hydrogen) atoms. The van der Waals surface area contributed by atoms with Crippen LogP contribution in [0.3, 0.4) is 0 Å². The van der Waals surface area contributed by atoms with Gasteiger partial charge < -0.3 is 0 Å². The van der Waals surface area contributed by atoms with E-state index in [1.54, 1.807) is 91.4 Å². The van der Waals surface area contributed by atoms with Gasteiger partial charge in [-0.3, -0.25) is 59.8 Å². The first kappa shape index (κ1) is 91.7. The minimum absolute atomic E-state index is 0.0315. The van der Waals surface area contributed by atoms with Crippen molar-refractivity contribution in [3.05, 3.63) is 358 Å². The SMILES string of the molecule is Clc1ccc(-c2nc(-c3ccc(Cl)cn3)nc(-c3ccc(Cl)cn3)n2)nc1.Clc1ccnc(-c2nc(-c3cc(Cl)ccn3)nc(-c3cc(Cl)ccn3)n2)c1.Fc1ccc(-c2nc(-c3ccc(F)cn3)nc(-c3ccc(F)cn3)n2)nc1.Fc1ccncc1-c1nc(-c2cnccc2F)nc(-c2cnccc2F)n1.Fc1cncc(-c2nc(-c3cncc(F)c3)nc(-c3cncc(F)c3)n2)c1. The Morgan fingerprint density at radius 3 is 0.600 bits per heavy atom. The molecular formula is C90H45Cl6F9N30. The molecule has 0 radical (unpaired) electrons. The molecule has 20 rings (SSSR count). The quantitative estimate of drug-likeness (QED) is 0.0860. The van der Waals surface area contributed by atoms with Crippen LogP contribution in [0.15, 0.2) is 276 Å². The number of pyridine rings is 15. The minimum atomic E-state index is -0.633. The predicted octanol–water partition coefficient (Wildman–Crippen LogP) is 20.5. The molecule has 45 heteroatoms. The Hall–Kier alpha value is -16.6. The summed E-state index contributed by atoms with van der Waals surface area (Å²) < 4.78 is 123. The van der Waals surface area contributed by atoms with Crippen LogP contribution >= 0.6 is 69.6 Å². The van der Waals surface area contributed by atoms with Crippen LogP contribution in [-0.4, -0.2) is 150 Å². The molecule has 20 aromatic rings. The maximum Gasteiger partial charge on any atom is 0.182 e. The van der Waals surface area contributed by atoms with Crippen LogP contribution in [-0.2, 0) is 0 Å². The van der Waals surface area contributed by atoms with Crippen LogP contribution in [0.1, 0.15) is 0 Å². The van der Waals surface area contributed by atoms with Gasteiger partial charge in [0.15, 0.2) is 87.4 Å². The van der Waals surface area contributed by atoms with Crippen LogP contribution in [0.25, 0.3) is 172 Å². The zero-order valence-corrected chi connectivity index (χ0v) is 72.1. The average molecular weight is 1930 g/mol. The smallest absolute Gasteiger partial charge is 0.182 e. The van der Waals surface area contributed by atoms with Gasteiger partial charge in [0, 0.05) is 125 Å². The number of rotatable bonds is 15. The lowest BCUT2D eigenvalue weighted by molar-refractivity contribution is 0.621. The maximum absolute atomic E-state index is 14.2. The van der Waals surface area contributed by atoms with Crippen LogP contribution < -0.4 is 0 Å². The van der Waals surface area contributed by atoms with Crippen LogP contribution in [0.4, 0.5) is 39.5 Å². The number of hydrogen-bond donors (Lipinski definition) is 0. The van der Waals surface area contributed by atoms with Crippen molar-refractivity contribution in [3.8, 4) is 172 Å². The van der Waals surface area contributed by atoms with E-state index in [-0.39, 0.29) is 85.8 Å². The van der Waals surface area contributed by atoms with Crippen LogP contribution in [0.5, 0.6) is 0 Å². The summed E-state index contributed by atoms with van der Waals surface area (Å²) >= 11 is 36.0. The second-order valence-electron chi connectivity index (χ2n) is 27.0. The van der Waals surface area contributed by atoms with E-state index in [1.807, 2.05) is 0 Å². The molecule has 0 bridgehead atoms. The molecule has 20 aromatic heterocycles. The zero-order chi connectivity index (χ0) is 94.0. The Kier molecular flexibility index (Phi) is 28.9. The van der Waals surface area contributed by atoms with Gasteiger partial charge in [0.2, 0.25) is 0 Å². The monoisotopic (exact) mass is 1930 g/mol. The second-order valence-corrected chi connectivity index (χ2v) is 29.6. The first-order valence-corrected chi connectivity index (χ1v) is 40.7. The molecule has 0 N–H and O–H groups in total. The molecule has 0 aliphatic carbocycles. The van der Waals surface area contributed by atoms with Crippen LogP contribution in [0, 0.1) is 52.4 Å². The Morgan fingerprint density at radius 2 is 0.385 bits per heavy atom. The highest BCUT2D eigenvalue weighted by atomic mass is 35.5. The summed E-state index contributed by atoms with van der Waals surface area (Å²) in [7, 11) is 0. The maximum atomic E-state index is 14.2. The molecule has 0 atom stereocenters. The number of hydrogen-bond acceptors (Lipinski definition) is 30. The topological polar surface area (TPSA) is 387 Å². The van der Waals surface area contributed by atoms with Gasteiger partial charge in [0.1, 0.15) is 104 Å². The van der Waals surface area contributed by atoms with E-state index in [2.05, 4.69) is 150 Å². The van der Waals surface area contributed by atoms with Gasteiger partial charge in [-0.25, -0.2) is 129 Å². The lowest BCUT2D eigenvalue weighted by atomic mass is 10.2. The van der Waals surface area contributed by atoms with Crippen molar-refractivity contribution in [1.82, 2.24) is 150 Å². The fraction of sp³-hybridized carbons (Fsp3) is 0. The summed E-state index contributed by atoms with van der Waals surface area (Å²) in [6.45, 7) is 0.